The molecule has 0 amide bonds. The van der Waals surface area contributed by atoms with Crippen LogP contribution < -0.4 is 0 Å². The second-order valence-corrected chi connectivity index (χ2v) is 16.2. The summed E-state index contributed by atoms with van der Waals surface area (Å²) in [6.45, 7) is 0. The van der Waals surface area contributed by atoms with E-state index in [2.05, 4.69) is 182 Å². The van der Waals surface area contributed by atoms with Crippen molar-refractivity contribution in [3.63, 3.8) is 0 Å². The lowest BCUT2D eigenvalue weighted by Gasteiger charge is -2.26. The smallest absolute Gasteiger partial charge is 0.135 e. The number of rotatable bonds is 4. The van der Waals surface area contributed by atoms with Crippen molar-refractivity contribution in [3.8, 4) is 44.5 Å². The molecule has 2 nitrogen and oxygen atoms in total. The summed E-state index contributed by atoms with van der Waals surface area (Å²) >= 11 is 0. The monoisotopic (exact) mass is 764 g/mol. The number of fused-ring (bicyclic) bond motifs is 10. The number of para-hydroxylation sites is 2. The number of furan rings is 2. The summed E-state index contributed by atoms with van der Waals surface area (Å²) in [7, 11) is 0. The number of hydrogen-bond acceptors (Lipinski definition) is 2. The summed E-state index contributed by atoms with van der Waals surface area (Å²) in [5.74, 6) is 0. The summed E-state index contributed by atoms with van der Waals surface area (Å²) in [5, 5.41) is 12.0. The average Bonchev–Trinajstić information content (AvgIpc) is 3.88. The summed E-state index contributed by atoms with van der Waals surface area (Å²) in [5.41, 5.74) is 16.3. The van der Waals surface area contributed by atoms with Gasteiger partial charge in [0.05, 0.1) is 0 Å². The van der Waals surface area contributed by atoms with Crippen LogP contribution in [0.5, 0.6) is 0 Å². The molecule has 2 heterocycles. The van der Waals surface area contributed by atoms with Gasteiger partial charge in [0.15, 0.2) is 0 Å². The SMILES string of the molecule is C1=Cc2c(c(-c3c4cccc(-c5ccc6oc7ccccc7c6c5)c4cc4c(-c5ccc6oc7ccccc7c6c5)cccc34)c3ccccc3c2-c2ccccc2)CC1. The second-order valence-electron chi connectivity index (χ2n) is 16.2. The van der Waals surface area contributed by atoms with Gasteiger partial charge < -0.3 is 8.83 Å². The van der Waals surface area contributed by atoms with Crippen LogP contribution in [0.3, 0.4) is 0 Å². The van der Waals surface area contributed by atoms with E-state index in [0.29, 0.717) is 0 Å². The Kier molecular flexibility index (Phi) is 7.17. The molecule has 2 heteroatoms. The molecule has 0 fully saturated rings. The number of benzene rings is 10. The fourth-order valence-corrected chi connectivity index (χ4v) is 10.3. The van der Waals surface area contributed by atoms with Gasteiger partial charge in [-0.1, -0.05) is 152 Å². The summed E-state index contributed by atoms with van der Waals surface area (Å²) in [6, 6.07) is 66.3. The zero-order valence-corrected chi connectivity index (χ0v) is 32.7. The Bertz CT molecular complexity index is 3590. The van der Waals surface area contributed by atoms with Crippen molar-refractivity contribution in [1.82, 2.24) is 0 Å². The van der Waals surface area contributed by atoms with Crippen molar-refractivity contribution in [2.45, 2.75) is 12.8 Å². The first-order valence-electron chi connectivity index (χ1n) is 20.9. The standard InChI is InChI=1S/C58H36O2/c1-2-14-35(15-3-1)56-42-18-4-6-20-44(42)57(45-21-7-5-19-43(45)56)58-46-24-12-22-38(36-28-30-54-50(32-36)40-16-8-10-26-52(40)59-54)48(46)34-49-39(23-13-25-47(49)58)37-29-31-55-51(33-37)41-17-9-11-27-53(41)60-55/h1-6,8-20,22-34H,7,21H2. The van der Waals surface area contributed by atoms with Gasteiger partial charge >= 0.3 is 0 Å². The van der Waals surface area contributed by atoms with Crippen LogP contribution in [0.25, 0.3) is 127 Å². The van der Waals surface area contributed by atoms with Gasteiger partial charge in [-0.3, -0.25) is 0 Å². The van der Waals surface area contributed by atoms with Gasteiger partial charge in [0, 0.05) is 21.5 Å². The topological polar surface area (TPSA) is 26.3 Å². The van der Waals surface area contributed by atoms with Crippen LogP contribution in [-0.2, 0) is 6.42 Å². The minimum Gasteiger partial charge on any atom is -0.456 e. The van der Waals surface area contributed by atoms with E-state index in [9.17, 15) is 0 Å². The zero-order chi connectivity index (χ0) is 39.3. The molecular weight excluding hydrogens is 729 g/mol. The van der Waals surface area contributed by atoms with Crippen molar-refractivity contribution in [1.29, 1.82) is 0 Å². The maximum atomic E-state index is 6.30. The third kappa shape index (κ3) is 4.88. The van der Waals surface area contributed by atoms with E-state index in [0.717, 1.165) is 56.7 Å². The quantitative estimate of drug-likeness (QED) is 0.167. The Balaban J connectivity index is 1.17. The molecule has 0 unspecified atom stereocenters. The normalized spacial score (nSPS) is 12.8. The fourth-order valence-electron chi connectivity index (χ4n) is 10.3. The third-order valence-electron chi connectivity index (χ3n) is 12.9. The molecule has 13 rings (SSSR count). The maximum Gasteiger partial charge on any atom is 0.135 e. The minimum absolute atomic E-state index is 0.903. The molecule has 12 aromatic rings. The molecular formula is C58H36O2. The molecule has 0 saturated heterocycles. The van der Waals surface area contributed by atoms with Gasteiger partial charge in [0.1, 0.15) is 22.3 Å². The van der Waals surface area contributed by atoms with Crippen LogP contribution in [0.2, 0.25) is 0 Å². The molecule has 0 bridgehead atoms. The van der Waals surface area contributed by atoms with E-state index in [-0.39, 0.29) is 0 Å². The highest BCUT2D eigenvalue weighted by molar-refractivity contribution is 6.24. The largest absolute Gasteiger partial charge is 0.456 e. The van der Waals surface area contributed by atoms with E-state index in [1.165, 1.54) is 88.0 Å². The van der Waals surface area contributed by atoms with Crippen molar-refractivity contribution in [2.24, 2.45) is 0 Å². The van der Waals surface area contributed by atoms with Gasteiger partial charge in [-0.2, -0.15) is 0 Å². The van der Waals surface area contributed by atoms with Gasteiger partial charge in [-0.15, -0.1) is 0 Å². The molecule has 0 spiro atoms. The first kappa shape index (κ1) is 33.3. The Morgan fingerprint density at radius 3 is 1.40 bits per heavy atom. The third-order valence-corrected chi connectivity index (χ3v) is 12.9. The first-order chi connectivity index (χ1) is 29.8. The molecule has 0 atom stereocenters. The fraction of sp³-hybridized carbons (Fsp3) is 0.0345. The number of allylic oxidation sites excluding steroid dienone is 1. The molecule has 10 aromatic carbocycles. The van der Waals surface area contributed by atoms with Gasteiger partial charge in [-0.25, -0.2) is 0 Å². The van der Waals surface area contributed by atoms with Gasteiger partial charge in [0.2, 0.25) is 0 Å². The highest BCUT2D eigenvalue weighted by Crippen LogP contribution is 2.50. The minimum atomic E-state index is 0.903. The molecule has 0 N–H and O–H groups in total. The summed E-state index contributed by atoms with van der Waals surface area (Å²) in [6.07, 6.45) is 6.72. The van der Waals surface area contributed by atoms with Crippen molar-refractivity contribution < 1.29 is 8.83 Å². The lowest BCUT2D eigenvalue weighted by molar-refractivity contribution is 0.668. The summed E-state index contributed by atoms with van der Waals surface area (Å²) < 4.78 is 12.6. The second kappa shape index (κ2) is 12.9. The van der Waals surface area contributed by atoms with Crippen LogP contribution in [0, 0.1) is 0 Å². The Labute approximate surface area is 346 Å². The van der Waals surface area contributed by atoms with E-state index < -0.39 is 0 Å². The van der Waals surface area contributed by atoms with Gasteiger partial charge in [-0.05, 0) is 143 Å². The molecule has 280 valence electrons. The molecule has 1 aliphatic rings. The first-order valence-corrected chi connectivity index (χ1v) is 20.9. The van der Waals surface area contributed by atoms with Crippen molar-refractivity contribution in [2.75, 3.05) is 0 Å². The van der Waals surface area contributed by atoms with E-state index in [1.807, 2.05) is 12.1 Å². The molecule has 0 saturated carbocycles. The molecule has 60 heavy (non-hydrogen) atoms. The van der Waals surface area contributed by atoms with E-state index in [1.54, 1.807) is 0 Å². The number of hydrogen-bond donors (Lipinski definition) is 0. The molecule has 0 radical (unpaired) electrons. The predicted octanol–water partition coefficient (Wildman–Crippen LogP) is 16.6. The zero-order valence-electron chi connectivity index (χ0n) is 32.7. The molecule has 2 aromatic heterocycles. The van der Waals surface area contributed by atoms with Gasteiger partial charge in [0.25, 0.3) is 0 Å². The lowest BCUT2D eigenvalue weighted by Crippen LogP contribution is -2.03. The Hall–Kier alpha value is -7.68. The lowest BCUT2D eigenvalue weighted by atomic mass is 9.77. The highest BCUT2D eigenvalue weighted by Gasteiger charge is 2.25. The van der Waals surface area contributed by atoms with Crippen LogP contribution in [0.1, 0.15) is 17.5 Å². The van der Waals surface area contributed by atoms with E-state index in [4.69, 9.17) is 8.83 Å². The van der Waals surface area contributed by atoms with Crippen molar-refractivity contribution in [3.05, 3.63) is 199 Å². The Morgan fingerprint density at radius 1 is 0.317 bits per heavy atom. The van der Waals surface area contributed by atoms with E-state index >= 15 is 0 Å². The van der Waals surface area contributed by atoms with Crippen LogP contribution in [0.4, 0.5) is 0 Å². The average molecular weight is 765 g/mol. The van der Waals surface area contributed by atoms with Crippen molar-refractivity contribution >= 4 is 82.3 Å². The highest BCUT2D eigenvalue weighted by atomic mass is 16.3. The summed E-state index contributed by atoms with van der Waals surface area (Å²) in [4.78, 5) is 0. The maximum absolute atomic E-state index is 6.30. The van der Waals surface area contributed by atoms with Crippen LogP contribution >= 0.6 is 0 Å². The van der Waals surface area contributed by atoms with Crippen LogP contribution in [-0.4, -0.2) is 0 Å². The predicted molar refractivity (Wildman–Crippen MR) is 253 cm³/mol. The molecule has 1 aliphatic carbocycles. The molecule has 0 aliphatic heterocycles. The Morgan fingerprint density at radius 2 is 0.800 bits per heavy atom. The van der Waals surface area contributed by atoms with Crippen LogP contribution in [0.15, 0.2) is 197 Å².